The van der Waals surface area contributed by atoms with Gasteiger partial charge in [0.1, 0.15) is 12.2 Å². The molecule has 0 radical (unpaired) electrons. The summed E-state index contributed by atoms with van der Waals surface area (Å²) < 4.78 is 11.4. The second-order valence-corrected chi connectivity index (χ2v) is 8.44. The quantitative estimate of drug-likeness (QED) is 0.535. The Morgan fingerprint density at radius 3 is 2.57 bits per heavy atom. The summed E-state index contributed by atoms with van der Waals surface area (Å²) in [5, 5.41) is 3.54. The average molecular weight is 408 g/mol. The summed E-state index contributed by atoms with van der Waals surface area (Å²) in [5.74, 6) is 0.0578. The maximum atomic E-state index is 12.6. The molecule has 0 spiro atoms. The largest absolute Gasteiger partial charge is 0.462 e. The third kappa shape index (κ3) is 4.73. The van der Waals surface area contributed by atoms with Crippen LogP contribution in [-0.2, 0) is 20.7 Å². The van der Waals surface area contributed by atoms with Crippen LogP contribution in [0.4, 0.5) is 0 Å². The van der Waals surface area contributed by atoms with Gasteiger partial charge in [-0.1, -0.05) is 55.5 Å². The molecule has 5 heteroatoms. The highest BCUT2D eigenvalue weighted by molar-refractivity contribution is 5.89. The van der Waals surface area contributed by atoms with Crippen molar-refractivity contribution in [2.75, 3.05) is 13.1 Å². The minimum absolute atomic E-state index is 0.110. The lowest BCUT2D eigenvalue weighted by molar-refractivity contribution is -0.141. The molecule has 2 fully saturated rings. The van der Waals surface area contributed by atoms with Gasteiger partial charge < -0.3 is 14.8 Å². The summed E-state index contributed by atoms with van der Waals surface area (Å²) in [5.41, 5.74) is 1.86. The molecule has 158 valence electrons. The number of benzene rings is 2. The van der Waals surface area contributed by atoms with E-state index in [0.717, 1.165) is 19.5 Å². The zero-order valence-electron chi connectivity index (χ0n) is 17.3. The van der Waals surface area contributed by atoms with Crippen molar-refractivity contribution in [3.8, 4) is 0 Å². The standard InChI is InChI=1S/C25H29NO4/c1-17(16-26-13-12-18-8-4-2-5-9-18)24-20-14-23(27)29-21(20)15-22(24)30-25(28)19-10-6-3-7-11-19/h2-11,17,20-22,24,26H,12-16H2,1H3/t17-,20?,21-,22+,24?/m0/s1. The summed E-state index contributed by atoms with van der Waals surface area (Å²) in [6.07, 6.45) is 1.62. The van der Waals surface area contributed by atoms with E-state index in [-0.39, 0.29) is 41.9 Å². The number of carbonyl (C=O) groups is 2. The van der Waals surface area contributed by atoms with Crippen LogP contribution in [-0.4, -0.2) is 37.2 Å². The Labute approximate surface area is 177 Å². The molecule has 1 saturated heterocycles. The molecule has 4 rings (SSSR count). The predicted octanol–water partition coefficient (Wildman–Crippen LogP) is 3.63. The third-order valence-corrected chi connectivity index (χ3v) is 6.38. The highest BCUT2D eigenvalue weighted by atomic mass is 16.6. The maximum absolute atomic E-state index is 12.6. The van der Waals surface area contributed by atoms with Crippen LogP contribution in [0.2, 0.25) is 0 Å². The smallest absolute Gasteiger partial charge is 0.338 e. The van der Waals surface area contributed by atoms with Crippen LogP contribution in [0.25, 0.3) is 0 Å². The second-order valence-electron chi connectivity index (χ2n) is 8.44. The van der Waals surface area contributed by atoms with Gasteiger partial charge >= 0.3 is 11.9 Å². The topological polar surface area (TPSA) is 64.6 Å². The average Bonchev–Trinajstić information content (AvgIpc) is 3.27. The number of nitrogens with one attached hydrogen (secondary N) is 1. The van der Waals surface area contributed by atoms with Crippen LogP contribution in [0, 0.1) is 17.8 Å². The van der Waals surface area contributed by atoms with Crippen LogP contribution in [0.5, 0.6) is 0 Å². The number of rotatable bonds is 8. The number of hydrogen-bond acceptors (Lipinski definition) is 5. The van der Waals surface area contributed by atoms with E-state index in [1.165, 1.54) is 5.56 Å². The van der Waals surface area contributed by atoms with Crippen molar-refractivity contribution in [1.29, 1.82) is 0 Å². The first-order valence-electron chi connectivity index (χ1n) is 10.8. The van der Waals surface area contributed by atoms with Crippen LogP contribution in [0.1, 0.15) is 35.7 Å². The molecule has 5 atom stereocenters. The maximum Gasteiger partial charge on any atom is 0.338 e. The molecule has 0 bridgehead atoms. The second kappa shape index (κ2) is 9.43. The molecule has 1 heterocycles. The van der Waals surface area contributed by atoms with E-state index >= 15 is 0 Å². The summed E-state index contributed by atoms with van der Waals surface area (Å²) >= 11 is 0. The van der Waals surface area contributed by atoms with Crippen LogP contribution >= 0.6 is 0 Å². The Morgan fingerprint density at radius 2 is 1.83 bits per heavy atom. The molecule has 1 aliphatic carbocycles. The Balaban J connectivity index is 1.36. The molecule has 1 saturated carbocycles. The summed E-state index contributed by atoms with van der Waals surface area (Å²) in [7, 11) is 0. The molecular formula is C25H29NO4. The molecule has 2 unspecified atom stereocenters. The van der Waals surface area contributed by atoms with E-state index in [2.05, 4.69) is 36.5 Å². The van der Waals surface area contributed by atoms with Crippen LogP contribution in [0.3, 0.4) is 0 Å². The van der Waals surface area contributed by atoms with E-state index in [0.29, 0.717) is 18.4 Å². The first kappa shape index (κ1) is 20.6. The Morgan fingerprint density at radius 1 is 1.13 bits per heavy atom. The van der Waals surface area contributed by atoms with E-state index in [4.69, 9.17) is 9.47 Å². The van der Waals surface area contributed by atoms with Crippen molar-refractivity contribution >= 4 is 11.9 Å². The van der Waals surface area contributed by atoms with Gasteiger partial charge in [-0.3, -0.25) is 4.79 Å². The lowest BCUT2D eigenvalue weighted by Crippen LogP contribution is -2.36. The molecule has 0 aromatic heterocycles. The van der Waals surface area contributed by atoms with Crippen molar-refractivity contribution in [2.45, 2.75) is 38.4 Å². The van der Waals surface area contributed by atoms with Gasteiger partial charge in [-0.2, -0.15) is 0 Å². The van der Waals surface area contributed by atoms with Crippen LogP contribution in [0.15, 0.2) is 60.7 Å². The van der Waals surface area contributed by atoms with E-state index < -0.39 is 0 Å². The summed E-state index contributed by atoms with van der Waals surface area (Å²) in [6.45, 7) is 3.88. The van der Waals surface area contributed by atoms with Gasteiger partial charge in [0.2, 0.25) is 0 Å². The van der Waals surface area contributed by atoms with Crippen molar-refractivity contribution in [2.24, 2.45) is 17.8 Å². The van der Waals surface area contributed by atoms with Gasteiger partial charge in [0.25, 0.3) is 0 Å². The predicted molar refractivity (Wildman–Crippen MR) is 114 cm³/mol. The molecule has 2 aromatic rings. The van der Waals surface area contributed by atoms with Gasteiger partial charge in [-0.05, 0) is 43.1 Å². The first-order chi connectivity index (χ1) is 14.6. The summed E-state index contributed by atoms with van der Waals surface area (Å²) in [4.78, 5) is 24.5. The fourth-order valence-corrected chi connectivity index (χ4v) is 4.93. The molecule has 1 N–H and O–H groups in total. The summed E-state index contributed by atoms with van der Waals surface area (Å²) in [6, 6.07) is 19.5. The van der Waals surface area contributed by atoms with Gasteiger partial charge in [0.15, 0.2) is 0 Å². The van der Waals surface area contributed by atoms with Crippen molar-refractivity contribution in [3.63, 3.8) is 0 Å². The van der Waals surface area contributed by atoms with E-state index in [1.54, 1.807) is 12.1 Å². The number of esters is 2. The van der Waals surface area contributed by atoms with Crippen LogP contribution < -0.4 is 5.32 Å². The van der Waals surface area contributed by atoms with Crippen molar-refractivity contribution in [1.82, 2.24) is 5.32 Å². The zero-order chi connectivity index (χ0) is 20.9. The molecule has 2 aromatic carbocycles. The number of hydrogen-bond donors (Lipinski definition) is 1. The van der Waals surface area contributed by atoms with Gasteiger partial charge in [0, 0.05) is 18.3 Å². The molecule has 5 nitrogen and oxygen atoms in total. The molecular weight excluding hydrogens is 378 g/mol. The third-order valence-electron chi connectivity index (χ3n) is 6.38. The first-order valence-corrected chi connectivity index (χ1v) is 10.8. The SMILES string of the molecule is C[C@@H](CNCCc1ccccc1)C1C2CC(=O)O[C@H]2C[C@H]1OC(=O)c1ccccc1. The normalized spacial score (nSPS) is 26.1. The van der Waals surface area contributed by atoms with Gasteiger partial charge in [0.05, 0.1) is 12.0 Å². The van der Waals surface area contributed by atoms with E-state index in [1.807, 2.05) is 24.3 Å². The van der Waals surface area contributed by atoms with Gasteiger partial charge in [-0.15, -0.1) is 0 Å². The van der Waals surface area contributed by atoms with Gasteiger partial charge in [-0.25, -0.2) is 4.79 Å². The van der Waals surface area contributed by atoms with Crippen molar-refractivity contribution in [3.05, 3.63) is 71.8 Å². The Bertz CT molecular complexity index is 854. The molecule has 30 heavy (non-hydrogen) atoms. The lowest BCUT2D eigenvalue weighted by atomic mass is 9.82. The fraction of sp³-hybridized carbons (Fsp3) is 0.440. The number of fused-ring (bicyclic) bond motifs is 1. The fourth-order valence-electron chi connectivity index (χ4n) is 4.93. The Hall–Kier alpha value is -2.66. The minimum Gasteiger partial charge on any atom is -0.462 e. The highest BCUT2D eigenvalue weighted by Crippen LogP contribution is 2.46. The highest BCUT2D eigenvalue weighted by Gasteiger charge is 2.53. The zero-order valence-corrected chi connectivity index (χ0v) is 17.3. The van der Waals surface area contributed by atoms with E-state index in [9.17, 15) is 9.59 Å². The number of carbonyl (C=O) groups excluding carboxylic acids is 2. The monoisotopic (exact) mass is 407 g/mol. The Kier molecular flexibility index (Phi) is 6.48. The van der Waals surface area contributed by atoms with Crippen molar-refractivity contribution < 1.29 is 19.1 Å². The number of ether oxygens (including phenoxy) is 2. The molecule has 2 aliphatic rings. The lowest BCUT2D eigenvalue weighted by Gasteiger charge is -2.29. The molecule has 0 amide bonds. The minimum atomic E-state index is -0.305. The molecule has 1 aliphatic heterocycles.